The fraction of sp³-hybridized carbons (Fsp3) is 0.552. The molecule has 5 rings (SSSR count). The molecule has 3 aliphatic heterocycles. The standard InChI is InChI=1S/C29H37ClN2O12/c1-13(26(31)38)32-17-9-14(7-8-16(17)30)11-39-28-22(36)20(34)24(18(10-33)41-28)44-29-23(37)21(35)25-19(42-29)12-40-27(43-25)15-5-3-2-4-6-15/h2-9,13,18-25,27-29,32-37H,10-12H2,1H3,(H2,31,38)/t13-,18-,19-,20-,21-,22-,23-,24-,25-,27?,28-,29-/m1/s1. The zero-order valence-electron chi connectivity index (χ0n) is 23.7. The Kier molecular flexibility index (Phi) is 10.7. The Hall–Kier alpha value is -2.44. The van der Waals surface area contributed by atoms with Crippen LogP contribution in [0.2, 0.25) is 5.02 Å². The minimum Gasteiger partial charge on any atom is -0.394 e. The van der Waals surface area contributed by atoms with Crippen LogP contribution in [0.3, 0.4) is 0 Å². The minimum absolute atomic E-state index is 0.0168. The van der Waals surface area contributed by atoms with E-state index >= 15 is 0 Å². The second kappa shape index (κ2) is 14.3. The van der Waals surface area contributed by atoms with Crippen molar-refractivity contribution < 1.29 is 58.7 Å². The average molecular weight is 641 g/mol. The Morgan fingerprint density at radius 2 is 1.75 bits per heavy atom. The van der Waals surface area contributed by atoms with Crippen LogP contribution < -0.4 is 11.1 Å². The Morgan fingerprint density at radius 1 is 1.02 bits per heavy atom. The molecule has 2 aromatic carbocycles. The van der Waals surface area contributed by atoms with Crippen molar-refractivity contribution >= 4 is 23.2 Å². The molecule has 0 saturated carbocycles. The molecule has 2 aromatic rings. The number of fused-ring (bicyclic) bond motifs is 1. The van der Waals surface area contributed by atoms with Gasteiger partial charge in [-0.15, -0.1) is 0 Å². The number of anilines is 1. The van der Waals surface area contributed by atoms with Gasteiger partial charge in [0.05, 0.1) is 30.5 Å². The lowest BCUT2D eigenvalue weighted by Crippen LogP contribution is -2.65. The van der Waals surface area contributed by atoms with E-state index < -0.39 is 86.3 Å². The number of ether oxygens (including phenoxy) is 6. The first-order valence-electron chi connectivity index (χ1n) is 14.1. The number of amides is 1. The third-order valence-corrected chi connectivity index (χ3v) is 8.09. The van der Waals surface area contributed by atoms with Crippen molar-refractivity contribution in [3.8, 4) is 0 Å². The highest BCUT2D eigenvalue weighted by atomic mass is 35.5. The van der Waals surface area contributed by atoms with E-state index in [2.05, 4.69) is 5.32 Å². The van der Waals surface area contributed by atoms with Gasteiger partial charge in [0, 0.05) is 5.56 Å². The molecule has 1 unspecified atom stereocenters. The van der Waals surface area contributed by atoms with Gasteiger partial charge in [0.15, 0.2) is 18.9 Å². The number of hydrogen-bond acceptors (Lipinski definition) is 13. The number of carbonyl (C=O) groups excluding carboxylic acids is 1. The van der Waals surface area contributed by atoms with Crippen LogP contribution in [0.5, 0.6) is 0 Å². The summed E-state index contributed by atoms with van der Waals surface area (Å²) in [5.74, 6) is -0.570. The van der Waals surface area contributed by atoms with E-state index in [1.807, 2.05) is 30.3 Å². The number of rotatable bonds is 10. The van der Waals surface area contributed by atoms with Crippen LogP contribution in [0.15, 0.2) is 48.5 Å². The first-order valence-corrected chi connectivity index (χ1v) is 14.5. The summed E-state index contributed by atoms with van der Waals surface area (Å²) in [5.41, 5.74) is 7.07. The van der Waals surface area contributed by atoms with Crippen LogP contribution in [0, 0.1) is 0 Å². The van der Waals surface area contributed by atoms with Gasteiger partial charge in [-0.2, -0.15) is 0 Å². The van der Waals surface area contributed by atoms with Crippen molar-refractivity contribution in [2.24, 2.45) is 5.73 Å². The van der Waals surface area contributed by atoms with E-state index in [4.69, 9.17) is 45.8 Å². The van der Waals surface area contributed by atoms with E-state index in [-0.39, 0.29) is 13.2 Å². The number of aliphatic hydroxyl groups excluding tert-OH is 5. The summed E-state index contributed by atoms with van der Waals surface area (Å²) in [6.07, 6.45) is -14.3. The molecule has 0 bridgehead atoms. The van der Waals surface area contributed by atoms with Crippen LogP contribution in [-0.4, -0.2) is 112 Å². The fourth-order valence-corrected chi connectivity index (χ4v) is 5.41. The molecular formula is C29H37ClN2O12. The first-order chi connectivity index (χ1) is 21.1. The summed E-state index contributed by atoms with van der Waals surface area (Å²) in [5, 5.41) is 56.7. The van der Waals surface area contributed by atoms with Crippen molar-refractivity contribution in [3.63, 3.8) is 0 Å². The quantitative estimate of drug-likeness (QED) is 0.175. The zero-order valence-corrected chi connectivity index (χ0v) is 24.5. The Balaban J connectivity index is 1.19. The number of hydrogen-bond donors (Lipinski definition) is 7. The molecule has 12 atom stereocenters. The van der Waals surface area contributed by atoms with Gasteiger partial charge >= 0.3 is 0 Å². The van der Waals surface area contributed by atoms with Crippen LogP contribution in [0.4, 0.5) is 5.69 Å². The molecule has 8 N–H and O–H groups in total. The van der Waals surface area contributed by atoms with E-state index in [1.54, 1.807) is 25.1 Å². The number of aliphatic hydroxyl groups is 5. The number of benzene rings is 2. The lowest BCUT2D eigenvalue weighted by Gasteiger charge is -2.48. The van der Waals surface area contributed by atoms with Crippen LogP contribution in [0.1, 0.15) is 24.3 Å². The van der Waals surface area contributed by atoms with E-state index in [0.29, 0.717) is 16.3 Å². The third kappa shape index (κ3) is 7.17. The fourth-order valence-electron chi connectivity index (χ4n) is 5.24. The topological polar surface area (TPSA) is 212 Å². The molecule has 0 spiro atoms. The highest BCUT2D eigenvalue weighted by molar-refractivity contribution is 6.33. The molecule has 0 aromatic heterocycles. The van der Waals surface area contributed by atoms with E-state index in [0.717, 1.165) is 5.56 Å². The van der Waals surface area contributed by atoms with Crippen LogP contribution in [0.25, 0.3) is 0 Å². The van der Waals surface area contributed by atoms with Gasteiger partial charge in [-0.05, 0) is 24.6 Å². The number of primary amides is 1. The number of nitrogens with one attached hydrogen (secondary N) is 1. The van der Waals surface area contributed by atoms with E-state index in [1.165, 1.54) is 0 Å². The minimum atomic E-state index is -1.64. The predicted molar refractivity (Wildman–Crippen MR) is 152 cm³/mol. The molecule has 44 heavy (non-hydrogen) atoms. The second-order valence-electron chi connectivity index (χ2n) is 10.9. The third-order valence-electron chi connectivity index (χ3n) is 7.76. The number of carbonyl (C=O) groups is 1. The summed E-state index contributed by atoms with van der Waals surface area (Å²) < 4.78 is 34.7. The molecule has 1 amide bonds. The maximum absolute atomic E-state index is 11.4. The second-order valence-corrected chi connectivity index (χ2v) is 11.3. The van der Waals surface area contributed by atoms with Gasteiger partial charge in [0.2, 0.25) is 5.91 Å². The highest BCUT2D eigenvalue weighted by Gasteiger charge is 2.53. The maximum Gasteiger partial charge on any atom is 0.239 e. The largest absolute Gasteiger partial charge is 0.394 e. The van der Waals surface area contributed by atoms with Gasteiger partial charge in [-0.3, -0.25) is 4.79 Å². The highest BCUT2D eigenvalue weighted by Crippen LogP contribution is 2.36. The maximum atomic E-state index is 11.4. The number of halogens is 1. The molecule has 242 valence electrons. The molecule has 0 radical (unpaired) electrons. The molecule has 14 nitrogen and oxygen atoms in total. The average Bonchev–Trinajstić information content (AvgIpc) is 3.03. The van der Waals surface area contributed by atoms with Crippen molar-refractivity contribution in [3.05, 3.63) is 64.7 Å². The predicted octanol–water partition coefficient (Wildman–Crippen LogP) is -0.473. The summed E-state index contributed by atoms with van der Waals surface area (Å²) >= 11 is 6.21. The molecular weight excluding hydrogens is 604 g/mol. The Labute approximate surface area is 258 Å². The van der Waals surface area contributed by atoms with Gasteiger partial charge in [-0.25, -0.2) is 0 Å². The van der Waals surface area contributed by atoms with Crippen molar-refractivity contribution in [1.82, 2.24) is 0 Å². The summed E-state index contributed by atoms with van der Waals surface area (Å²) in [6, 6.07) is 13.3. The number of nitrogens with two attached hydrogens (primary N) is 1. The molecule has 0 aliphatic carbocycles. The Bertz CT molecular complexity index is 1260. The van der Waals surface area contributed by atoms with Gasteiger partial charge in [0.1, 0.15) is 54.9 Å². The van der Waals surface area contributed by atoms with Gasteiger partial charge in [-0.1, -0.05) is 48.0 Å². The normalized spacial score (nSPS) is 36.3. The van der Waals surface area contributed by atoms with E-state index in [9.17, 15) is 30.3 Å². The lowest BCUT2D eigenvalue weighted by atomic mass is 9.96. The Morgan fingerprint density at radius 3 is 2.45 bits per heavy atom. The lowest BCUT2D eigenvalue weighted by molar-refractivity contribution is -0.386. The molecule has 15 heteroatoms. The zero-order chi connectivity index (χ0) is 31.5. The summed E-state index contributed by atoms with van der Waals surface area (Å²) in [7, 11) is 0. The van der Waals surface area contributed by atoms with Crippen molar-refractivity contribution in [1.29, 1.82) is 0 Å². The SMILES string of the molecule is C[C@@H](Nc1cc(CO[C@@H]2O[C@H](CO)[C@@H](O[C@H]3O[C@@H]4COC(c5ccccc5)O[C@H]4[C@H](O)[C@H]3O)[C@H](O)[C@H]2O)ccc1Cl)C(N)=O. The molecule has 3 saturated heterocycles. The van der Waals surface area contributed by atoms with Gasteiger partial charge in [0.25, 0.3) is 0 Å². The van der Waals surface area contributed by atoms with Crippen LogP contribution >= 0.6 is 11.6 Å². The molecule has 3 fully saturated rings. The summed E-state index contributed by atoms with van der Waals surface area (Å²) in [6.45, 7) is 0.857. The summed E-state index contributed by atoms with van der Waals surface area (Å²) in [4.78, 5) is 11.4. The van der Waals surface area contributed by atoms with Crippen molar-refractivity contribution in [2.75, 3.05) is 18.5 Å². The van der Waals surface area contributed by atoms with Crippen molar-refractivity contribution in [2.45, 2.75) is 87.3 Å². The smallest absolute Gasteiger partial charge is 0.239 e. The molecule has 3 heterocycles. The van der Waals surface area contributed by atoms with Gasteiger partial charge < -0.3 is 65.0 Å². The first kappa shape index (κ1) is 32.9. The monoisotopic (exact) mass is 640 g/mol. The molecule has 3 aliphatic rings. The van der Waals surface area contributed by atoms with Crippen LogP contribution in [-0.2, 0) is 39.8 Å².